The number of esters is 1. The second-order valence-electron chi connectivity index (χ2n) is 4.46. The second-order valence-corrected chi connectivity index (χ2v) is 4.46. The van der Waals surface area contributed by atoms with Crippen LogP contribution in [0.4, 0.5) is 0 Å². The van der Waals surface area contributed by atoms with E-state index < -0.39 is 0 Å². The monoisotopic (exact) mass is 249 g/mol. The molecule has 1 aliphatic heterocycles. The van der Waals surface area contributed by atoms with Gasteiger partial charge in [0.1, 0.15) is 6.04 Å². The Morgan fingerprint density at radius 1 is 1.44 bits per heavy atom. The molecule has 0 saturated carbocycles. The fourth-order valence-corrected chi connectivity index (χ4v) is 2.21. The van der Waals surface area contributed by atoms with Crippen LogP contribution in [0.5, 0.6) is 0 Å². The molecule has 0 aromatic heterocycles. The van der Waals surface area contributed by atoms with Crippen LogP contribution in [0.3, 0.4) is 0 Å². The molecule has 0 aliphatic carbocycles. The lowest BCUT2D eigenvalue weighted by Crippen LogP contribution is -2.47. The Balaban J connectivity index is 2.03. The summed E-state index contributed by atoms with van der Waals surface area (Å²) in [6, 6.07) is 9.88. The molecule has 0 bridgehead atoms. The molecule has 1 aliphatic rings. The van der Waals surface area contributed by atoms with Crippen LogP contribution in [0.1, 0.15) is 18.6 Å². The highest BCUT2D eigenvalue weighted by Gasteiger charge is 2.28. The third-order valence-electron chi connectivity index (χ3n) is 3.36. The third-order valence-corrected chi connectivity index (χ3v) is 3.36. The molecular weight excluding hydrogens is 230 g/mol. The van der Waals surface area contributed by atoms with E-state index in [-0.39, 0.29) is 18.1 Å². The smallest absolute Gasteiger partial charge is 0.322 e. The van der Waals surface area contributed by atoms with Crippen LogP contribution >= 0.6 is 0 Å². The summed E-state index contributed by atoms with van der Waals surface area (Å²) < 4.78 is 10.5. The number of carbonyl (C=O) groups is 1. The van der Waals surface area contributed by atoms with Crippen molar-refractivity contribution in [1.29, 1.82) is 0 Å². The molecule has 0 N–H and O–H groups in total. The van der Waals surface area contributed by atoms with Gasteiger partial charge < -0.3 is 9.47 Å². The van der Waals surface area contributed by atoms with Gasteiger partial charge >= 0.3 is 5.97 Å². The van der Waals surface area contributed by atoms with Crippen molar-refractivity contribution < 1.29 is 14.3 Å². The minimum atomic E-state index is -0.217. The summed E-state index contributed by atoms with van der Waals surface area (Å²) in [5, 5.41) is 0. The van der Waals surface area contributed by atoms with Crippen molar-refractivity contribution in [1.82, 2.24) is 4.90 Å². The number of methoxy groups -OCH3 is 1. The minimum Gasteiger partial charge on any atom is -0.468 e. The van der Waals surface area contributed by atoms with Crippen LogP contribution in [0.2, 0.25) is 0 Å². The normalized spacial score (nSPS) is 22.4. The van der Waals surface area contributed by atoms with Gasteiger partial charge in [-0.3, -0.25) is 9.69 Å². The Bertz CT molecular complexity index is 393. The molecule has 2 atom stereocenters. The first-order valence-electron chi connectivity index (χ1n) is 6.21. The van der Waals surface area contributed by atoms with Gasteiger partial charge in [0, 0.05) is 13.1 Å². The second kappa shape index (κ2) is 5.98. The molecule has 4 heteroatoms. The van der Waals surface area contributed by atoms with Crippen molar-refractivity contribution in [2.45, 2.75) is 19.1 Å². The molecule has 0 unspecified atom stereocenters. The van der Waals surface area contributed by atoms with E-state index in [0.717, 1.165) is 18.7 Å². The van der Waals surface area contributed by atoms with Crippen LogP contribution in [-0.2, 0) is 14.3 Å². The van der Waals surface area contributed by atoms with Gasteiger partial charge in [0.15, 0.2) is 0 Å². The molecule has 0 spiro atoms. The van der Waals surface area contributed by atoms with Gasteiger partial charge in [0.25, 0.3) is 0 Å². The average Bonchev–Trinajstić information content (AvgIpc) is 2.46. The van der Waals surface area contributed by atoms with E-state index in [2.05, 4.69) is 17.0 Å². The van der Waals surface area contributed by atoms with Crippen molar-refractivity contribution >= 4 is 5.97 Å². The fourth-order valence-electron chi connectivity index (χ4n) is 2.21. The van der Waals surface area contributed by atoms with Crippen LogP contribution in [0.25, 0.3) is 0 Å². The summed E-state index contributed by atoms with van der Waals surface area (Å²) in [5.74, 6) is -0.191. The Labute approximate surface area is 107 Å². The number of hydrogen-bond acceptors (Lipinski definition) is 4. The van der Waals surface area contributed by atoms with Gasteiger partial charge in [-0.1, -0.05) is 30.3 Å². The van der Waals surface area contributed by atoms with E-state index >= 15 is 0 Å². The maximum Gasteiger partial charge on any atom is 0.322 e. The number of morpholine rings is 1. The molecule has 0 amide bonds. The van der Waals surface area contributed by atoms with Gasteiger partial charge in [-0.2, -0.15) is 0 Å². The van der Waals surface area contributed by atoms with E-state index in [0.29, 0.717) is 6.61 Å². The molecule has 18 heavy (non-hydrogen) atoms. The quantitative estimate of drug-likeness (QED) is 0.763. The van der Waals surface area contributed by atoms with E-state index in [4.69, 9.17) is 9.47 Å². The van der Waals surface area contributed by atoms with E-state index in [9.17, 15) is 4.79 Å². The molecule has 1 saturated heterocycles. The zero-order valence-electron chi connectivity index (χ0n) is 10.8. The summed E-state index contributed by atoms with van der Waals surface area (Å²) in [6.45, 7) is 4.00. The van der Waals surface area contributed by atoms with E-state index in [1.54, 1.807) is 0 Å². The van der Waals surface area contributed by atoms with E-state index in [1.807, 2.05) is 25.1 Å². The molecule has 1 heterocycles. The van der Waals surface area contributed by atoms with Gasteiger partial charge in [-0.25, -0.2) is 0 Å². The number of rotatable bonds is 3. The lowest BCUT2D eigenvalue weighted by Gasteiger charge is -2.35. The van der Waals surface area contributed by atoms with Crippen molar-refractivity contribution in [2.75, 3.05) is 26.8 Å². The van der Waals surface area contributed by atoms with Gasteiger partial charge in [-0.15, -0.1) is 0 Å². The summed E-state index contributed by atoms with van der Waals surface area (Å²) >= 11 is 0. The third kappa shape index (κ3) is 2.89. The average molecular weight is 249 g/mol. The number of nitrogens with zero attached hydrogens (tertiary/aromatic N) is 1. The molecule has 1 aromatic rings. The van der Waals surface area contributed by atoms with Gasteiger partial charge in [0.05, 0.1) is 19.8 Å². The van der Waals surface area contributed by atoms with Gasteiger partial charge in [0.2, 0.25) is 0 Å². The summed E-state index contributed by atoms with van der Waals surface area (Å²) in [6.07, 6.45) is 0.0343. The number of benzene rings is 1. The first-order chi connectivity index (χ1) is 8.72. The van der Waals surface area contributed by atoms with Crippen LogP contribution in [0.15, 0.2) is 30.3 Å². The fraction of sp³-hybridized carbons (Fsp3) is 0.500. The minimum absolute atomic E-state index is 0.0343. The summed E-state index contributed by atoms with van der Waals surface area (Å²) in [4.78, 5) is 13.7. The lowest BCUT2D eigenvalue weighted by atomic mass is 10.1. The van der Waals surface area contributed by atoms with Crippen LogP contribution in [0, 0.1) is 0 Å². The molecule has 1 aromatic carbocycles. The molecule has 98 valence electrons. The molecule has 1 fully saturated rings. The number of carbonyl (C=O) groups excluding carboxylic acids is 1. The van der Waals surface area contributed by atoms with Gasteiger partial charge in [-0.05, 0) is 12.5 Å². The largest absolute Gasteiger partial charge is 0.468 e. The first-order valence-corrected chi connectivity index (χ1v) is 6.21. The van der Waals surface area contributed by atoms with Crippen molar-refractivity contribution in [3.63, 3.8) is 0 Å². The Morgan fingerprint density at radius 3 is 2.83 bits per heavy atom. The zero-order valence-corrected chi connectivity index (χ0v) is 10.8. The predicted molar refractivity (Wildman–Crippen MR) is 68.2 cm³/mol. The Morgan fingerprint density at radius 2 is 2.17 bits per heavy atom. The highest BCUT2D eigenvalue weighted by Crippen LogP contribution is 2.23. The van der Waals surface area contributed by atoms with Crippen LogP contribution < -0.4 is 0 Å². The lowest BCUT2D eigenvalue weighted by molar-refractivity contribution is -0.149. The maximum absolute atomic E-state index is 11.5. The highest BCUT2D eigenvalue weighted by atomic mass is 16.5. The Hall–Kier alpha value is -1.39. The highest BCUT2D eigenvalue weighted by molar-refractivity contribution is 5.75. The molecule has 2 rings (SSSR count). The van der Waals surface area contributed by atoms with E-state index in [1.165, 1.54) is 7.11 Å². The number of hydrogen-bond donors (Lipinski definition) is 0. The van der Waals surface area contributed by atoms with Crippen molar-refractivity contribution in [2.24, 2.45) is 0 Å². The zero-order chi connectivity index (χ0) is 13.0. The Kier molecular flexibility index (Phi) is 4.33. The predicted octanol–water partition coefficient (Wildman–Crippen LogP) is 1.62. The summed E-state index contributed by atoms with van der Waals surface area (Å²) in [7, 11) is 1.42. The topological polar surface area (TPSA) is 38.8 Å². The molecular formula is C14H19NO3. The SMILES string of the molecule is COC(=O)[C@@H](C)N1CCO[C@@H](c2ccccc2)C1. The van der Waals surface area contributed by atoms with Crippen LogP contribution in [-0.4, -0.2) is 43.7 Å². The summed E-state index contributed by atoms with van der Waals surface area (Å²) in [5.41, 5.74) is 1.15. The maximum atomic E-state index is 11.5. The first kappa shape index (κ1) is 13.1. The molecule has 4 nitrogen and oxygen atoms in total. The van der Waals surface area contributed by atoms with Crippen molar-refractivity contribution in [3.8, 4) is 0 Å². The standard InChI is InChI=1S/C14H19NO3/c1-11(14(16)17-2)15-8-9-18-13(10-15)12-6-4-3-5-7-12/h3-7,11,13H,8-10H2,1-2H3/t11-,13-/m1/s1. The van der Waals surface area contributed by atoms with Crippen molar-refractivity contribution in [3.05, 3.63) is 35.9 Å². The molecule has 0 radical (unpaired) electrons. The number of ether oxygens (including phenoxy) is 2.